The van der Waals surface area contributed by atoms with Crippen LogP contribution < -0.4 is 5.32 Å². The van der Waals surface area contributed by atoms with Crippen LogP contribution in [0.15, 0.2) is 0 Å². The van der Waals surface area contributed by atoms with E-state index in [2.05, 4.69) is 17.3 Å². The third kappa shape index (κ3) is 1.54. The fourth-order valence-corrected chi connectivity index (χ4v) is 2.26. The van der Waals surface area contributed by atoms with E-state index in [0.29, 0.717) is 24.9 Å². The molecule has 0 aliphatic carbocycles. The highest BCUT2D eigenvalue weighted by atomic mass is 19.1. The monoisotopic (exact) mass is 158 g/mol. The Morgan fingerprint density at radius 1 is 1.27 bits per heavy atom. The Labute approximate surface area is 66.8 Å². The number of rotatable bonds is 0. The summed E-state index contributed by atoms with van der Waals surface area (Å²) in [5.74, 6) is 0. The molecule has 0 radical (unpaired) electrons. The quantitative estimate of drug-likeness (QED) is 0.548. The summed E-state index contributed by atoms with van der Waals surface area (Å²) in [5.41, 5.74) is 0. The SMILES string of the molecule is CN1CC2CC(F)C[C@H](C1)N2. The molecule has 3 heteroatoms. The molecular weight excluding hydrogens is 143 g/mol. The van der Waals surface area contributed by atoms with Gasteiger partial charge in [-0.15, -0.1) is 0 Å². The van der Waals surface area contributed by atoms with Crippen LogP contribution in [0.4, 0.5) is 4.39 Å². The van der Waals surface area contributed by atoms with Crippen LogP contribution in [0.5, 0.6) is 0 Å². The van der Waals surface area contributed by atoms with Crippen LogP contribution >= 0.6 is 0 Å². The minimum absolute atomic E-state index is 0.405. The number of piperazine rings is 1. The third-order valence-corrected chi connectivity index (χ3v) is 2.62. The molecule has 0 aromatic rings. The minimum Gasteiger partial charge on any atom is -0.308 e. The number of halogens is 1. The molecule has 3 atom stereocenters. The number of hydrogen-bond donors (Lipinski definition) is 1. The molecule has 2 fully saturated rings. The summed E-state index contributed by atoms with van der Waals surface area (Å²) in [6, 6.07) is 0.810. The molecule has 11 heavy (non-hydrogen) atoms. The number of fused-ring (bicyclic) bond motifs is 2. The van der Waals surface area contributed by atoms with Crippen LogP contribution in [0, 0.1) is 0 Å². The van der Waals surface area contributed by atoms with Gasteiger partial charge in [0.15, 0.2) is 0 Å². The summed E-state index contributed by atoms with van der Waals surface area (Å²) in [6.45, 7) is 2.02. The van der Waals surface area contributed by atoms with E-state index >= 15 is 0 Å². The zero-order valence-electron chi connectivity index (χ0n) is 6.89. The number of nitrogens with one attached hydrogen (secondary N) is 1. The maximum Gasteiger partial charge on any atom is 0.103 e. The Balaban J connectivity index is 2.00. The van der Waals surface area contributed by atoms with Gasteiger partial charge in [-0.2, -0.15) is 0 Å². The first kappa shape index (κ1) is 7.50. The van der Waals surface area contributed by atoms with E-state index in [1.54, 1.807) is 0 Å². The molecule has 0 aromatic carbocycles. The second-order valence-electron chi connectivity index (χ2n) is 3.85. The average molecular weight is 158 g/mol. The summed E-state index contributed by atoms with van der Waals surface area (Å²) in [5, 5.41) is 3.43. The fraction of sp³-hybridized carbons (Fsp3) is 1.00. The predicted octanol–water partition coefficient (Wildman–Crippen LogP) is 0.390. The number of hydrogen-bond acceptors (Lipinski definition) is 2. The Kier molecular flexibility index (Phi) is 1.85. The molecule has 2 bridgehead atoms. The van der Waals surface area contributed by atoms with Crippen molar-refractivity contribution >= 4 is 0 Å². The maximum atomic E-state index is 13.0. The summed E-state index contributed by atoms with van der Waals surface area (Å²) < 4.78 is 13.0. The maximum absolute atomic E-state index is 13.0. The second-order valence-corrected chi connectivity index (χ2v) is 3.85. The van der Waals surface area contributed by atoms with Crippen molar-refractivity contribution in [2.75, 3.05) is 20.1 Å². The number of likely N-dealkylation sites (N-methyl/N-ethyl adjacent to an activating group) is 1. The molecule has 2 heterocycles. The molecule has 2 aliphatic rings. The van der Waals surface area contributed by atoms with Crippen molar-refractivity contribution in [3.8, 4) is 0 Å². The first-order valence-electron chi connectivity index (χ1n) is 4.32. The molecule has 0 amide bonds. The number of nitrogens with zero attached hydrogens (tertiary/aromatic N) is 1. The van der Waals surface area contributed by atoms with Crippen LogP contribution in [0.1, 0.15) is 12.8 Å². The standard InChI is InChI=1S/C8H15FN2/c1-11-4-7-2-6(9)3-8(5-11)10-7/h6-8,10H,2-5H2,1H3/t6?,7-,8?/m1/s1. The largest absolute Gasteiger partial charge is 0.308 e. The van der Waals surface area contributed by atoms with E-state index in [1.807, 2.05) is 0 Å². The van der Waals surface area contributed by atoms with E-state index < -0.39 is 6.17 Å². The van der Waals surface area contributed by atoms with Crippen LogP contribution in [-0.4, -0.2) is 43.3 Å². The third-order valence-electron chi connectivity index (χ3n) is 2.62. The molecular formula is C8H15FN2. The molecule has 64 valence electrons. The van der Waals surface area contributed by atoms with Crippen LogP contribution in [0.2, 0.25) is 0 Å². The molecule has 2 saturated heterocycles. The first-order chi connectivity index (χ1) is 5.24. The summed E-state index contributed by atoms with van der Waals surface area (Å²) in [7, 11) is 2.11. The van der Waals surface area contributed by atoms with E-state index in [1.165, 1.54) is 0 Å². The van der Waals surface area contributed by atoms with Gasteiger partial charge in [0.05, 0.1) is 0 Å². The van der Waals surface area contributed by atoms with Crippen molar-refractivity contribution in [3.63, 3.8) is 0 Å². The van der Waals surface area contributed by atoms with Gasteiger partial charge in [0.25, 0.3) is 0 Å². The zero-order chi connectivity index (χ0) is 7.84. The van der Waals surface area contributed by atoms with Crippen LogP contribution in [0.25, 0.3) is 0 Å². The number of piperidine rings is 1. The lowest BCUT2D eigenvalue weighted by Crippen LogP contribution is -2.59. The normalized spacial score (nSPS) is 45.8. The van der Waals surface area contributed by atoms with Gasteiger partial charge in [0, 0.05) is 25.2 Å². The molecule has 0 saturated carbocycles. The highest BCUT2D eigenvalue weighted by Crippen LogP contribution is 2.21. The van der Waals surface area contributed by atoms with Crippen molar-refractivity contribution < 1.29 is 4.39 Å². The van der Waals surface area contributed by atoms with Gasteiger partial charge in [-0.1, -0.05) is 0 Å². The highest BCUT2D eigenvalue weighted by Gasteiger charge is 2.32. The van der Waals surface area contributed by atoms with Crippen molar-refractivity contribution in [2.24, 2.45) is 0 Å². The van der Waals surface area contributed by atoms with Crippen molar-refractivity contribution in [3.05, 3.63) is 0 Å². The summed E-state index contributed by atoms with van der Waals surface area (Å²) in [6.07, 6.45) is 0.863. The van der Waals surface area contributed by atoms with E-state index in [9.17, 15) is 4.39 Å². The van der Waals surface area contributed by atoms with Gasteiger partial charge in [-0.25, -0.2) is 4.39 Å². The first-order valence-corrected chi connectivity index (χ1v) is 4.32. The Bertz CT molecular complexity index is 118. The zero-order valence-corrected chi connectivity index (χ0v) is 6.89. The Morgan fingerprint density at radius 2 is 1.82 bits per heavy atom. The number of likely N-dealkylation sites (tertiary alicyclic amines) is 1. The summed E-state index contributed by atoms with van der Waals surface area (Å²) in [4.78, 5) is 2.29. The number of alkyl halides is 1. The van der Waals surface area contributed by atoms with E-state index in [0.717, 1.165) is 13.1 Å². The lowest BCUT2D eigenvalue weighted by Gasteiger charge is -2.42. The fourth-order valence-electron chi connectivity index (χ4n) is 2.26. The Morgan fingerprint density at radius 3 is 2.36 bits per heavy atom. The molecule has 0 spiro atoms. The Hall–Kier alpha value is -0.150. The van der Waals surface area contributed by atoms with Gasteiger partial charge >= 0.3 is 0 Å². The lowest BCUT2D eigenvalue weighted by molar-refractivity contribution is 0.0966. The molecule has 2 aliphatic heterocycles. The van der Waals surface area contributed by atoms with Gasteiger partial charge < -0.3 is 10.2 Å². The van der Waals surface area contributed by atoms with Crippen LogP contribution in [0.3, 0.4) is 0 Å². The molecule has 1 N–H and O–H groups in total. The molecule has 2 unspecified atom stereocenters. The highest BCUT2D eigenvalue weighted by molar-refractivity contribution is 4.92. The average Bonchev–Trinajstić information content (AvgIpc) is 1.82. The molecule has 2 nitrogen and oxygen atoms in total. The smallest absolute Gasteiger partial charge is 0.103 e. The van der Waals surface area contributed by atoms with Gasteiger partial charge in [-0.05, 0) is 19.9 Å². The summed E-state index contributed by atoms with van der Waals surface area (Å²) >= 11 is 0. The van der Waals surface area contributed by atoms with Gasteiger partial charge in [0.2, 0.25) is 0 Å². The van der Waals surface area contributed by atoms with Crippen molar-refractivity contribution in [1.82, 2.24) is 10.2 Å². The molecule has 0 aromatic heterocycles. The van der Waals surface area contributed by atoms with Crippen molar-refractivity contribution in [1.29, 1.82) is 0 Å². The topological polar surface area (TPSA) is 15.3 Å². The van der Waals surface area contributed by atoms with E-state index in [-0.39, 0.29) is 0 Å². The minimum atomic E-state index is -0.556. The van der Waals surface area contributed by atoms with Gasteiger partial charge in [-0.3, -0.25) is 0 Å². The van der Waals surface area contributed by atoms with E-state index in [4.69, 9.17) is 0 Å². The van der Waals surface area contributed by atoms with Gasteiger partial charge in [0.1, 0.15) is 6.17 Å². The van der Waals surface area contributed by atoms with Crippen LogP contribution in [-0.2, 0) is 0 Å². The molecule has 2 rings (SSSR count). The van der Waals surface area contributed by atoms with Crippen molar-refractivity contribution in [2.45, 2.75) is 31.1 Å². The second kappa shape index (κ2) is 2.72. The predicted molar refractivity (Wildman–Crippen MR) is 42.3 cm³/mol. The lowest BCUT2D eigenvalue weighted by atomic mass is 9.93.